The van der Waals surface area contributed by atoms with Crippen LogP contribution in [0.2, 0.25) is 0 Å². The number of rotatable bonds is 3. The molecular formula is C9H16O3. The minimum atomic E-state index is -0.862. The molecule has 3 heteroatoms. The van der Waals surface area contributed by atoms with Crippen LogP contribution in [0.15, 0.2) is 0 Å². The Labute approximate surface area is 72.7 Å². The van der Waals surface area contributed by atoms with E-state index in [2.05, 4.69) is 0 Å². The molecule has 1 N–H and O–H groups in total. The van der Waals surface area contributed by atoms with Gasteiger partial charge in [-0.2, -0.15) is 0 Å². The first-order valence-corrected chi connectivity index (χ1v) is 4.62. The Kier molecular flexibility index (Phi) is 4.08. The van der Waals surface area contributed by atoms with Crippen LogP contribution in [0.5, 0.6) is 0 Å². The maximum Gasteiger partial charge on any atom is 0.329 e. The molecular weight excluding hydrogens is 156 g/mol. The Hall–Kier alpha value is -0.570. The van der Waals surface area contributed by atoms with Crippen molar-refractivity contribution in [2.24, 2.45) is 0 Å². The molecule has 0 unspecified atom stereocenters. The molecule has 3 nitrogen and oxygen atoms in total. The second-order valence-electron chi connectivity index (χ2n) is 3.32. The Balaban J connectivity index is 2.16. The standard InChI is InChI=1S/C9H16O3/c10-9(11)7-12-8-5-3-1-2-4-6-8/h8H,1-7H2,(H,10,11). The second-order valence-corrected chi connectivity index (χ2v) is 3.32. The molecule has 1 aliphatic rings. The molecule has 1 fully saturated rings. The van der Waals surface area contributed by atoms with Crippen LogP contribution in [0, 0.1) is 0 Å². The largest absolute Gasteiger partial charge is 0.480 e. The van der Waals surface area contributed by atoms with Gasteiger partial charge in [0.15, 0.2) is 0 Å². The summed E-state index contributed by atoms with van der Waals surface area (Å²) in [4.78, 5) is 10.2. The molecule has 0 aromatic rings. The first-order chi connectivity index (χ1) is 5.79. The van der Waals surface area contributed by atoms with Crippen LogP contribution >= 0.6 is 0 Å². The quantitative estimate of drug-likeness (QED) is 0.660. The lowest BCUT2D eigenvalue weighted by atomic mass is 10.1. The zero-order valence-corrected chi connectivity index (χ0v) is 7.29. The van der Waals surface area contributed by atoms with Crippen molar-refractivity contribution in [3.8, 4) is 0 Å². The maximum atomic E-state index is 10.2. The average molecular weight is 172 g/mol. The summed E-state index contributed by atoms with van der Waals surface area (Å²) < 4.78 is 5.22. The summed E-state index contributed by atoms with van der Waals surface area (Å²) >= 11 is 0. The molecule has 0 bridgehead atoms. The lowest BCUT2D eigenvalue weighted by molar-refractivity contribution is -0.144. The lowest BCUT2D eigenvalue weighted by Crippen LogP contribution is -2.17. The summed E-state index contributed by atoms with van der Waals surface area (Å²) in [5.74, 6) is -0.862. The summed E-state index contributed by atoms with van der Waals surface area (Å²) in [5, 5.41) is 8.39. The van der Waals surface area contributed by atoms with E-state index < -0.39 is 5.97 Å². The van der Waals surface area contributed by atoms with Gasteiger partial charge >= 0.3 is 5.97 Å². The second kappa shape index (κ2) is 5.14. The van der Waals surface area contributed by atoms with Crippen molar-refractivity contribution in [1.82, 2.24) is 0 Å². The van der Waals surface area contributed by atoms with E-state index in [0.717, 1.165) is 12.8 Å². The van der Waals surface area contributed by atoms with E-state index >= 15 is 0 Å². The van der Waals surface area contributed by atoms with E-state index in [1.807, 2.05) is 0 Å². The first-order valence-electron chi connectivity index (χ1n) is 4.62. The van der Waals surface area contributed by atoms with Crippen LogP contribution in [0.3, 0.4) is 0 Å². The summed E-state index contributed by atoms with van der Waals surface area (Å²) in [6, 6.07) is 0. The minimum absolute atomic E-state index is 0.134. The number of ether oxygens (including phenoxy) is 1. The monoisotopic (exact) mass is 172 g/mol. The molecule has 0 spiro atoms. The maximum absolute atomic E-state index is 10.2. The Morgan fingerprint density at radius 3 is 2.33 bits per heavy atom. The van der Waals surface area contributed by atoms with Crippen molar-refractivity contribution in [3.63, 3.8) is 0 Å². The molecule has 0 saturated heterocycles. The molecule has 1 saturated carbocycles. The number of carboxylic acid groups (broad SMARTS) is 1. The summed E-state index contributed by atoms with van der Waals surface area (Å²) in [7, 11) is 0. The van der Waals surface area contributed by atoms with Gasteiger partial charge in [0.1, 0.15) is 6.61 Å². The average Bonchev–Trinajstić information content (AvgIpc) is 2.28. The van der Waals surface area contributed by atoms with Gasteiger partial charge in [-0.25, -0.2) is 4.79 Å². The van der Waals surface area contributed by atoms with Gasteiger partial charge in [-0.3, -0.25) is 0 Å². The lowest BCUT2D eigenvalue weighted by Gasteiger charge is -2.12. The Morgan fingerprint density at radius 2 is 1.83 bits per heavy atom. The molecule has 1 rings (SSSR count). The molecule has 0 aromatic heterocycles. The predicted octanol–water partition coefficient (Wildman–Crippen LogP) is 1.81. The van der Waals surface area contributed by atoms with Crippen molar-refractivity contribution in [2.45, 2.75) is 44.6 Å². The van der Waals surface area contributed by atoms with Crippen molar-refractivity contribution in [2.75, 3.05) is 6.61 Å². The van der Waals surface area contributed by atoms with Crippen LogP contribution in [-0.4, -0.2) is 23.8 Å². The van der Waals surface area contributed by atoms with Gasteiger partial charge < -0.3 is 9.84 Å². The molecule has 70 valence electrons. The van der Waals surface area contributed by atoms with Crippen molar-refractivity contribution in [3.05, 3.63) is 0 Å². The fraction of sp³-hybridized carbons (Fsp3) is 0.889. The minimum Gasteiger partial charge on any atom is -0.480 e. The normalized spacial score (nSPS) is 20.3. The topological polar surface area (TPSA) is 46.5 Å². The van der Waals surface area contributed by atoms with E-state index in [0.29, 0.717) is 0 Å². The summed E-state index contributed by atoms with van der Waals surface area (Å²) in [6.45, 7) is -0.134. The molecule has 0 aromatic carbocycles. The van der Waals surface area contributed by atoms with Gasteiger partial charge in [0.2, 0.25) is 0 Å². The van der Waals surface area contributed by atoms with Gasteiger partial charge in [-0.05, 0) is 12.8 Å². The summed E-state index contributed by atoms with van der Waals surface area (Å²) in [5.41, 5.74) is 0. The van der Waals surface area contributed by atoms with Gasteiger partial charge in [-0.1, -0.05) is 25.7 Å². The smallest absolute Gasteiger partial charge is 0.329 e. The highest BCUT2D eigenvalue weighted by atomic mass is 16.5. The Bertz CT molecular complexity index is 137. The van der Waals surface area contributed by atoms with Gasteiger partial charge in [-0.15, -0.1) is 0 Å². The molecule has 12 heavy (non-hydrogen) atoms. The zero-order valence-electron chi connectivity index (χ0n) is 7.29. The van der Waals surface area contributed by atoms with E-state index in [1.165, 1.54) is 25.7 Å². The molecule has 0 radical (unpaired) electrons. The number of carboxylic acids is 1. The van der Waals surface area contributed by atoms with Crippen LogP contribution in [0.25, 0.3) is 0 Å². The van der Waals surface area contributed by atoms with Crippen LogP contribution in [-0.2, 0) is 9.53 Å². The fourth-order valence-corrected chi connectivity index (χ4v) is 1.60. The van der Waals surface area contributed by atoms with E-state index in [9.17, 15) is 4.79 Å². The fourth-order valence-electron chi connectivity index (χ4n) is 1.60. The molecule has 0 aliphatic heterocycles. The van der Waals surface area contributed by atoms with Crippen LogP contribution < -0.4 is 0 Å². The van der Waals surface area contributed by atoms with Crippen LogP contribution in [0.4, 0.5) is 0 Å². The third-order valence-corrected chi connectivity index (χ3v) is 2.24. The third kappa shape index (κ3) is 3.72. The number of carbonyl (C=O) groups is 1. The molecule has 0 atom stereocenters. The predicted molar refractivity (Wildman–Crippen MR) is 45.1 cm³/mol. The highest BCUT2D eigenvalue weighted by molar-refractivity contribution is 5.68. The van der Waals surface area contributed by atoms with Crippen molar-refractivity contribution in [1.29, 1.82) is 0 Å². The highest BCUT2D eigenvalue weighted by Gasteiger charge is 2.13. The van der Waals surface area contributed by atoms with Crippen molar-refractivity contribution < 1.29 is 14.6 Å². The van der Waals surface area contributed by atoms with E-state index in [1.54, 1.807) is 0 Å². The third-order valence-electron chi connectivity index (χ3n) is 2.24. The number of aliphatic carboxylic acids is 1. The number of hydrogen-bond acceptors (Lipinski definition) is 2. The van der Waals surface area contributed by atoms with Crippen LogP contribution in [0.1, 0.15) is 38.5 Å². The highest BCUT2D eigenvalue weighted by Crippen LogP contribution is 2.19. The summed E-state index contributed by atoms with van der Waals surface area (Å²) in [6.07, 6.45) is 7.18. The number of hydrogen-bond donors (Lipinski definition) is 1. The molecule has 1 aliphatic carbocycles. The van der Waals surface area contributed by atoms with Gasteiger partial charge in [0, 0.05) is 0 Å². The first kappa shape index (κ1) is 9.52. The van der Waals surface area contributed by atoms with Gasteiger partial charge in [0.05, 0.1) is 6.10 Å². The molecule has 0 amide bonds. The SMILES string of the molecule is O=C(O)COC1CCCCCC1. The zero-order chi connectivity index (χ0) is 8.81. The van der Waals surface area contributed by atoms with E-state index in [4.69, 9.17) is 9.84 Å². The van der Waals surface area contributed by atoms with Crippen molar-refractivity contribution >= 4 is 5.97 Å². The Morgan fingerprint density at radius 1 is 1.25 bits per heavy atom. The molecule has 0 heterocycles. The van der Waals surface area contributed by atoms with Gasteiger partial charge in [0.25, 0.3) is 0 Å². The van der Waals surface area contributed by atoms with E-state index in [-0.39, 0.29) is 12.7 Å².